The summed E-state index contributed by atoms with van der Waals surface area (Å²) in [4.78, 5) is 14.2. The number of carbonyl (C=O) groups is 1. The molecule has 4 nitrogen and oxygen atoms in total. The van der Waals surface area contributed by atoms with Crippen molar-refractivity contribution in [3.8, 4) is 11.5 Å². The fourth-order valence-electron chi connectivity index (χ4n) is 2.73. The molecule has 0 bridgehead atoms. The minimum absolute atomic E-state index is 0.0995. The van der Waals surface area contributed by atoms with Gasteiger partial charge in [0, 0.05) is 12.1 Å². The molecule has 0 spiro atoms. The van der Waals surface area contributed by atoms with Crippen LogP contribution in [-0.4, -0.2) is 19.6 Å². The Balaban J connectivity index is 1.95. The van der Waals surface area contributed by atoms with Gasteiger partial charge in [0.2, 0.25) is 5.91 Å². The van der Waals surface area contributed by atoms with Gasteiger partial charge in [-0.05, 0) is 54.4 Å². The zero-order chi connectivity index (χ0) is 16.2. The molecule has 0 saturated heterocycles. The first-order valence-corrected chi connectivity index (χ1v) is 7.56. The van der Waals surface area contributed by atoms with E-state index in [2.05, 4.69) is 6.58 Å². The molecule has 0 aromatic heterocycles. The lowest BCUT2D eigenvalue weighted by molar-refractivity contribution is -0.118. The molecule has 0 unspecified atom stereocenters. The average Bonchev–Trinajstić information content (AvgIpc) is 2.60. The zero-order valence-corrected chi connectivity index (χ0v) is 13.1. The van der Waals surface area contributed by atoms with Gasteiger partial charge in [-0.25, -0.2) is 0 Å². The van der Waals surface area contributed by atoms with Gasteiger partial charge in [-0.2, -0.15) is 0 Å². The normalized spacial score (nSPS) is 13.4. The summed E-state index contributed by atoms with van der Waals surface area (Å²) in [6.07, 6.45) is 2.93. The van der Waals surface area contributed by atoms with E-state index in [9.17, 15) is 4.79 Å². The number of carbonyl (C=O) groups excluding carboxylic acids is 1. The maximum atomic E-state index is 12.4. The molecule has 0 aliphatic carbocycles. The molecule has 0 radical (unpaired) electrons. The third kappa shape index (κ3) is 3.06. The quantitative estimate of drug-likeness (QED) is 0.787. The van der Waals surface area contributed by atoms with Crippen molar-refractivity contribution in [1.29, 1.82) is 0 Å². The minimum atomic E-state index is 0.0995. The highest BCUT2D eigenvalue weighted by molar-refractivity contribution is 6.03. The first kappa shape index (κ1) is 15.2. The van der Waals surface area contributed by atoms with Gasteiger partial charge in [0.15, 0.2) is 0 Å². The predicted octanol–water partition coefficient (Wildman–Crippen LogP) is 3.87. The number of rotatable bonds is 5. The molecular formula is C19H19NO3. The standard InChI is InChI=1S/C19H19NO3/c1-3-12-23-17-9-10-18-14(13-17)4-11-19(21)20(18)15-5-7-16(22-2)8-6-15/h3,5-10,13H,1,4,11-12H2,2H3. The second-order valence-corrected chi connectivity index (χ2v) is 5.32. The van der Waals surface area contributed by atoms with Crippen molar-refractivity contribution in [2.45, 2.75) is 12.8 Å². The van der Waals surface area contributed by atoms with Gasteiger partial charge in [0.25, 0.3) is 0 Å². The van der Waals surface area contributed by atoms with Crippen molar-refractivity contribution in [3.63, 3.8) is 0 Å². The smallest absolute Gasteiger partial charge is 0.231 e. The van der Waals surface area contributed by atoms with Gasteiger partial charge in [-0.15, -0.1) is 0 Å². The summed E-state index contributed by atoms with van der Waals surface area (Å²) in [5, 5.41) is 0. The van der Waals surface area contributed by atoms with Crippen LogP contribution in [0.15, 0.2) is 55.1 Å². The average molecular weight is 309 g/mol. The van der Waals surface area contributed by atoms with Crippen molar-refractivity contribution in [1.82, 2.24) is 0 Å². The number of nitrogens with zero attached hydrogens (tertiary/aromatic N) is 1. The van der Waals surface area contributed by atoms with Crippen molar-refractivity contribution in [3.05, 3.63) is 60.7 Å². The summed E-state index contributed by atoms with van der Waals surface area (Å²) in [5.74, 6) is 1.67. The maximum Gasteiger partial charge on any atom is 0.231 e. The molecule has 0 saturated carbocycles. The van der Waals surface area contributed by atoms with E-state index in [1.807, 2.05) is 42.5 Å². The maximum absolute atomic E-state index is 12.4. The van der Waals surface area contributed by atoms with Gasteiger partial charge < -0.3 is 9.47 Å². The van der Waals surface area contributed by atoms with Crippen LogP contribution in [0.4, 0.5) is 11.4 Å². The summed E-state index contributed by atoms with van der Waals surface area (Å²) >= 11 is 0. The van der Waals surface area contributed by atoms with Gasteiger partial charge in [0.05, 0.1) is 12.8 Å². The lowest BCUT2D eigenvalue weighted by Gasteiger charge is -2.30. The topological polar surface area (TPSA) is 38.8 Å². The molecule has 0 N–H and O–H groups in total. The van der Waals surface area contributed by atoms with Gasteiger partial charge >= 0.3 is 0 Å². The summed E-state index contributed by atoms with van der Waals surface area (Å²) < 4.78 is 10.8. The van der Waals surface area contributed by atoms with Crippen LogP contribution in [0.3, 0.4) is 0 Å². The van der Waals surface area contributed by atoms with Crippen LogP contribution in [0.5, 0.6) is 11.5 Å². The molecule has 2 aromatic carbocycles. The molecule has 4 heteroatoms. The number of hydrogen-bond acceptors (Lipinski definition) is 3. The number of amides is 1. The van der Waals surface area contributed by atoms with Crippen LogP contribution < -0.4 is 14.4 Å². The monoisotopic (exact) mass is 309 g/mol. The number of anilines is 2. The van der Waals surface area contributed by atoms with Crippen LogP contribution >= 0.6 is 0 Å². The van der Waals surface area contributed by atoms with E-state index in [4.69, 9.17) is 9.47 Å². The van der Waals surface area contributed by atoms with Crippen molar-refractivity contribution in [2.24, 2.45) is 0 Å². The summed E-state index contributed by atoms with van der Waals surface area (Å²) in [7, 11) is 1.63. The van der Waals surface area contributed by atoms with E-state index in [1.54, 1.807) is 18.1 Å². The SMILES string of the molecule is C=CCOc1ccc2c(c1)CCC(=O)N2c1ccc(OC)cc1. The third-order valence-electron chi connectivity index (χ3n) is 3.85. The molecule has 118 valence electrons. The van der Waals surface area contributed by atoms with Gasteiger partial charge in [-0.3, -0.25) is 9.69 Å². The number of methoxy groups -OCH3 is 1. The highest BCUT2D eigenvalue weighted by Crippen LogP contribution is 2.36. The molecule has 0 atom stereocenters. The largest absolute Gasteiger partial charge is 0.497 e. The van der Waals surface area contributed by atoms with Crippen LogP contribution in [-0.2, 0) is 11.2 Å². The Morgan fingerprint density at radius 2 is 1.87 bits per heavy atom. The number of benzene rings is 2. The molecule has 3 rings (SSSR count). The molecule has 0 fully saturated rings. The van der Waals surface area contributed by atoms with Crippen LogP contribution in [0.1, 0.15) is 12.0 Å². The molecular weight excluding hydrogens is 290 g/mol. The molecule has 1 aliphatic rings. The van der Waals surface area contributed by atoms with Crippen LogP contribution in [0, 0.1) is 0 Å². The van der Waals surface area contributed by atoms with Crippen LogP contribution in [0.25, 0.3) is 0 Å². The summed E-state index contributed by atoms with van der Waals surface area (Å²) in [5.41, 5.74) is 2.87. The second-order valence-electron chi connectivity index (χ2n) is 5.32. The molecule has 1 amide bonds. The fourth-order valence-corrected chi connectivity index (χ4v) is 2.73. The number of ether oxygens (including phenoxy) is 2. The second kappa shape index (κ2) is 6.57. The minimum Gasteiger partial charge on any atom is -0.497 e. The van der Waals surface area contributed by atoms with E-state index in [1.165, 1.54) is 0 Å². The Kier molecular flexibility index (Phi) is 4.33. The van der Waals surface area contributed by atoms with Crippen LogP contribution in [0.2, 0.25) is 0 Å². The summed E-state index contributed by atoms with van der Waals surface area (Å²) in [6.45, 7) is 4.12. The van der Waals surface area contributed by atoms with E-state index >= 15 is 0 Å². The third-order valence-corrected chi connectivity index (χ3v) is 3.85. The van der Waals surface area contributed by atoms with Crippen molar-refractivity contribution < 1.29 is 14.3 Å². The van der Waals surface area contributed by atoms with Crippen molar-refractivity contribution in [2.75, 3.05) is 18.6 Å². The first-order valence-electron chi connectivity index (χ1n) is 7.56. The lowest BCUT2D eigenvalue weighted by atomic mass is 10.00. The predicted molar refractivity (Wildman–Crippen MR) is 90.6 cm³/mol. The molecule has 2 aromatic rings. The fraction of sp³-hybridized carbons (Fsp3) is 0.211. The zero-order valence-electron chi connectivity index (χ0n) is 13.1. The Bertz CT molecular complexity index is 722. The highest BCUT2D eigenvalue weighted by Gasteiger charge is 2.25. The number of fused-ring (bicyclic) bond motifs is 1. The van der Waals surface area contributed by atoms with E-state index in [0.717, 1.165) is 34.9 Å². The Morgan fingerprint density at radius 3 is 2.57 bits per heavy atom. The number of aryl methyl sites for hydroxylation is 1. The lowest BCUT2D eigenvalue weighted by Crippen LogP contribution is -2.30. The Morgan fingerprint density at radius 1 is 1.13 bits per heavy atom. The highest BCUT2D eigenvalue weighted by atomic mass is 16.5. The Labute approximate surface area is 135 Å². The van der Waals surface area contributed by atoms with Gasteiger partial charge in [-0.1, -0.05) is 12.7 Å². The Hall–Kier alpha value is -2.75. The van der Waals surface area contributed by atoms with E-state index in [-0.39, 0.29) is 5.91 Å². The number of hydrogen-bond donors (Lipinski definition) is 0. The molecule has 1 aliphatic heterocycles. The van der Waals surface area contributed by atoms with Crippen molar-refractivity contribution >= 4 is 17.3 Å². The molecule has 1 heterocycles. The summed E-state index contributed by atoms with van der Waals surface area (Å²) in [6, 6.07) is 13.3. The molecule has 23 heavy (non-hydrogen) atoms. The van der Waals surface area contributed by atoms with Gasteiger partial charge in [0.1, 0.15) is 18.1 Å². The first-order chi connectivity index (χ1) is 11.2. The van der Waals surface area contributed by atoms with E-state index < -0.39 is 0 Å². The van der Waals surface area contributed by atoms with E-state index in [0.29, 0.717) is 13.0 Å².